The molecule has 2 aromatic rings. The number of benzene rings is 1. The van der Waals surface area contributed by atoms with Crippen LogP contribution in [0.15, 0.2) is 42.9 Å². The maximum absolute atomic E-state index is 12.7. The van der Waals surface area contributed by atoms with Crippen LogP contribution >= 0.6 is 0 Å². The van der Waals surface area contributed by atoms with Gasteiger partial charge < -0.3 is 9.30 Å². The van der Waals surface area contributed by atoms with Crippen molar-refractivity contribution in [2.75, 3.05) is 7.11 Å². The van der Waals surface area contributed by atoms with Gasteiger partial charge in [-0.3, -0.25) is 9.59 Å². The van der Waals surface area contributed by atoms with Crippen molar-refractivity contribution < 1.29 is 14.3 Å². The third kappa shape index (κ3) is 2.91. The van der Waals surface area contributed by atoms with Crippen molar-refractivity contribution in [3.63, 3.8) is 0 Å². The van der Waals surface area contributed by atoms with Gasteiger partial charge in [0.25, 0.3) is 0 Å². The quantitative estimate of drug-likeness (QED) is 0.607. The summed E-state index contributed by atoms with van der Waals surface area (Å²) in [5, 5.41) is 0. The van der Waals surface area contributed by atoms with Crippen molar-refractivity contribution in [2.24, 2.45) is 5.41 Å². The first-order valence-corrected chi connectivity index (χ1v) is 7.76. The molecule has 0 radical (unpaired) electrons. The van der Waals surface area contributed by atoms with E-state index >= 15 is 0 Å². The molecule has 1 aromatic carbocycles. The Balaban J connectivity index is 1.81. The number of aromatic nitrogens is 2. The highest BCUT2D eigenvalue weighted by atomic mass is 16.5. The van der Waals surface area contributed by atoms with E-state index < -0.39 is 5.41 Å². The molecule has 1 heterocycles. The number of rotatable bonds is 6. The average molecular weight is 312 g/mol. The van der Waals surface area contributed by atoms with Gasteiger partial charge in [0.15, 0.2) is 5.78 Å². The SMILES string of the molecule is COC(=O)C1(CC(=O)c2cncn2C(C)c2ccccc2)CC1. The lowest BCUT2D eigenvalue weighted by molar-refractivity contribution is -0.147. The van der Waals surface area contributed by atoms with Gasteiger partial charge in [-0.2, -0.15) is 0 Å². The van der Waals surface area contributed by atoms with Crippen LogP contribution in [0, 0.1) is 5.41 Å². The molecular weight excluding hydrogens is 292 g/mol. The first-order chi connectivity index (χ1) is 11.1. The summed E-state index contributed by atoms with van der Waals surface area (Å²) in [6, 6.07) is 9.96. The number of ketones is 1. The minimum atomic E-state index is -0.614. The molecule has 0 N–H and O–H groups in total. The Bertz CT molecular complexity index is 717. The zero-order valence-corrected chi connectivity index (χ0v) is 13.4. The fourth-order valence-corrected chi connectivity index (χ4v) is 2.94. The number of hydrogen-bond acceptors (Lipinski definition) is 4. The Morgan fingerprint density at radius 1 is 1.30 bits per heavy atom. The minimum Gasteiger partial charge on any atom is -0.469 e. The van der Waals surface area contributed by atoms with E-state index in [9.17, 15) is 9.59 Å². The maximum Gasteiger partial charge on any atom is 0.312 e. The Hall–Kier alpha value is -2.43. The van der Waals surface area contributed by atoms with Crippen LogP contribution in [0.1, 0.15) is 48.3 Å². The summed E-state index contributed by atoms with van der Waals surface area (Å²) in [7, 11) is 1.37. The molecule has 120 valence electrons. The number of imidazole rings is 1. The van der Waals surface area contributed by atoms with Crippen molar-refractivity contribution in [2.45, 2.75) is 32.2 Å². The Morgan fingerprint density at radius 3 is 2.61 bits per heavy atom. The fraction of sp³-hybridized carbons (Fsp3) is 0.389. The number of esters is 1. The van der Waals surface area contributed by atoms with Crippen LogP contribution in [0.25, 0.3) is 0 Å². The second-order valence-corrected chi connectivity index (χ2v) is 6.14. The first-order valence-electron chi connectivity index (χ1n) is 7.76. The summed E-state index contributed by atoms with van der Waals surface area (Å²) in [4.78, 5) is 28.6. The number of hydrogen-bond donors (Lipinski definition) is 0. The number of methoxy groups -OCH3 is 1. The molecule has 1 aliphatic carbocycles. The lowest BCUT2D eigenvalue weighted by Crippen LogP contribution is -2.23. The molecule has 1 unspecified atom stereocenters. The van der Waals surface area contributed by atoms with Crippen LogP contribution < -0.4 is 0 Å². The fourth-order valence-electron chi connectivity index (χ4n) is 2.94. The summed E-state index contributed by atoms with van der Waals surface area (Å²) in [6.07, 6.45) is 4.87. The van der Waals surface area contributed by atoms with Crippen molar-refractivity contribution >= 4 is 11.8 Å². The Kier molecular flexibility index (Phi) is 4.03. The third-order valence-corrected chi connectivity index (χ3v) is 4.62. The lowest BCUT2D eigenvalue weighted by atomic mass is 9.98. The van der Waals surface area contributed by atoms with Gasteiger partial charge in [0.05, 0.1) is 31.1 Å². The number of carbonyl (C=O) groups excluding carboxylic acids is 2. The summed E-state index contributed by atoms with van der Waals surface area (Å²) < 4.78 is 6.70. The molecule has 0 spiro atoms. The second-order valence-electron chi connectivity index (χ2n) is 6.14. The molecule has 5 heteroatoms. The molecule has 1 aliphatic rings. The van der Waals surface area contributed by atoms with E-state index in [1.54, 1.807) is 12.5 Å². The van der Waals surface area contributed by atoms with Gasteiger partial charge in [-0.1, -0.05) is 30.3 Å². The van der Waals surface area contributed by atoms with Crippen LogP contribution in [0.4, 0.5) is 0 Å². The minimum absolute atomic E-state index is 0.00549. The first kappa shape index (κ1) is 15.5. The standard InChI is InChI=1S/C18H20N2O3/c1-13(14-6-4-3-5-7-14)20-12-19-11-15(20)16(21)10-18(8-9-18)17(22)23-2/h3-7,11-13H,8-10H2,1-2H3. The summed E-state index contributed by atoms with van der Waals surface area (Å²) in [6.45, 7) is 2.03. The topological polar surface area (TPSA) is 61.2 Å². The largest absolute Gasteiger partial charge is 0.469 e. The molecule has 5 nitrogen and oxygen atoms in total. The summed E-state index contributed by atoms with van der Waals surface area (Å²) >= 11 is 0. The molecule has 1 aromatic heterocycles. The molecule has 1 atom stereocenters. The van der Waals surface area contributed by atoms with Gasteiger partial charge in [-0.25, -0.2) is 4.98 Å². The van der Waals surface area contributed by atoms with Crippen molar-refractivity contribution in [3.05, 3.63) is 54.1 Å². The summed E-state index contributed by atoms with van der Waals surface area (Å²) in [5.74, 6) is -0.346. The number of nitrogens with zero attached hydrogens (tertiary/aromatic N) is 2. The molecule has 1 saturated carbocycles. The van der Waals surface area contributed by atoms with E-state index in [0.29, 0.717) is 18.5 Å². The normalized spacial score (nSPS) is 16.6. The highest BCUT2D eigenvalue weighted by molar-refractivity contribution is 5.98. The molecule has 0 amide bonds. The molecule has 3 rings (SSSR count). The van der Waals surface area contributed by atoms with Crippen LogP contribution in [0.2, 0.25) is 0 Å². The van der Waals surface area contributed by atoms with Gasteiger partial charge in [0.2, 0.25) is 0 Å². The van der Waals surface area contributed by atoms with Crippen molar-refractivity contribution in [3.8, 4) is 0 Å². The Labute approximate surface area is 135 Å². The molecule has 23 heavy (non-hydrogen) atoms. The molecule has 0 aliphatic heterocycles. The Morgan fingerprint density at radius 2 is 2.00 bits per heavy atom. The smallest absolute Gasteiger partial charge is 0.312 e. The molecule has 1 fully saturated rings. The monoisotopic (exact) mass is 312 g/mol. The molecule has 0 saturated heterocycles. The van der Waals surface area contributed by atoms with E-state index in [2.05, 4.69) is 4.98 Å². The number of Topliss-reactive ketones (excluding diaryl/α,β-unsaturated/α-hetero) is 1. The van der Waals surface area contributed by atoms with E-state index in [-0.39, 0.29) is 24.2 Å². The summed E-state index contributed by atoms with van der Waals surface area (Å²) in [5.41, 5.74) is 1.03. The predicted octanol–water partition coefficient (Wildman–Crippen LogP) is 3.02. The zero-order chi connectivity index (χ0) is 16.4. The van der Waals surface area contributed by atoms with E-state index in [1.807, 2.05) is 41.8 Å². The predicted molar refractivity (Wildman–Crippen MR) is 85.1 cm³/mol. The van der Waals surface area contributed by atoms with Gasteiger partial charge in [0.1, 0.15) is 5.69 Å². The van der Waals surface area contributed by atoms with Gasteiger partial charge >= 0.3 is 5.97 Å². The number of carbonyl (C=O) groups is 2. The van der Waals surface area contributed by atoms with Crippen LogP contribution in [-0.2, 0) is 9.53 Å². The van der Waals surface area contributed by atoms with Gasteiger partial charge in [-0.15, -0.1) is 0 Å². The van der Waals surface area contributed by atoms with Gasteiger partial charge in [0, 0.05) is 6.42 Å². The lowest BCUT2D eigenvalue weighted by Gasteiger charge is -2.17. The van der Waals surface area contributed by atoms with Crippen LogP contribution in [0.5, 0.6) is 0 Å². The molecule has 0 bridgehead atoms. The number of ether oxygens (including phenoxy) is 1. The van der Waals surface area contributed by atoms with Crippen molar-refractivity contribution in [1.82, 2.24) is 9.55 Å². The van der Waals surface area contributed by atoms with Crippen molar-refractivity contribution in [1.29, 1.82) is 0 Å². The van der Waals surface area contributed by atoms with E-state index in [0.717, 1.165) is 5.56 Å². The zero-order valence-electron chi connectivity index (χ0n) is 13.4. The highest BCUT2D eigenvalue weighted by Gasteiger charge is 2.52. The highest BCUT2D eigenvalue weighted by Crippen LogP contribution is 2.50. The molecular formula is C18H20N2O3. The van der Waals surface area contributed by atoms with Gasteiger partial charge in [-0.05, 0) is 25.3 Å². The van der Waals surface area contributed by atoms with E-state index in [4.69, 9.17) is 4.74 Å². The second kappa shape index (κ2) is 5.99. The van der Waals surface area contributed by atoms with Crippen LogP contribution in [0.3, 0.4) is 0 Å². The maximum atomic E-state index is 12.7. The van der Waals surface area contributed by atoms with Crippen LogP contribution in [-0.4, -0.2) is 28.4 Å². The third-order valence-electron chi connectivity index (χ3n) is 4.62. The average Bonchev–Trinajstić information content (AvgIpc) is 3.19. The van der Waals surface area contributed by atoms with E-state index in [1.165, 1.54) is 7.11 Å².